The Morgan fingerprint density at radius 1 is 1.50 bits per heavy atom. The monoisotopic (exact) mass is 309 g/mol. The van der Waals surface area contributed by atoms with Gasteiger partial charge >= 0.3 is 5.97 Å². The summed E-state index contributed by atoms with van der Waals surface area (Å²) in [5.41, 5.74) is 0.644. The molecule has 0 aliphatic rings. The lowest BCUT2D eigenvalue weighted by Gasteiger charge is -2.01. The fraction of sp³-hybridized carbons (Fsp3) is 0.154. The van der Waals surface area contributed by atoms with E-state index in [-0.39, 0.29) is 4.91 Å². The van der Waals surface area contributed by atoms with Crippen LogP contribution in [0, 0.1) is 0 Å². The van der Waals surface area contributed by atoms with Crippen molar-refractivity contribution in [3.8, 4) is 0 Å². The molecule has 0 amide bonds. The highest BCUT2D eigenvalue weighted by molar-refractivity contribution is 8.04. The van der Waals surface area contributed by atoms with Gasteiger partial charge in [-0.2, -0.15) is 0 Å². The number of H-pyrrole nitrogens is 1. The summed E-state index contributed by atoms with van der Waals surface area (Å²) in [5.74, 6) is -0.326. The number of aliphatic carboxylic acids is 1. The van der Waals surface area contributed by atoms with E-state index in [1.54, 1.807) is 24.3 Å². The standard InChI is InChI=1S/C13H12ClN3O2S/c1-2-11-15-13(17-16-11)20-10(12(18)19)7-8-5-3-4-6-9(8)14/h3-7H,2H2,1H3,(H,18,19)(H,15,16,17)/b10-7-. The SMILES string of the molecule is CCc1nc(S/C(=C\c2ccccc2Cl)C(=O)O)n[nH]1. The minimum Gasteiger partial charge on any atom is -0.477 e. The molecule has 2 N–H and O–H groups in total. The molecule has 0 spiro atoms. The topological polar surface area (TPSA) is 78.9 Å². The number of carboxylic acids is 1. The number of benzene rings is 1. The van der Waals surface area contributed by atoms with Crippen LogP contribution in [-0.2, 0) is 11.2 Å². The van der Waals surface area contributed by atoms with Crippen LogP contribution in [0.25, 0.3) is 6.08 Å². The first-order chi connectivity index (χ1) is 9.60. The Morgan fingerprint density at radius 2 is 2.25 bits per heavy atom. The zero-order valence-electron chi connectivity index (χ0n) is 10.6. The van der Waals surface area contributed by atoms with Crippen molar-refractivity contribution in [3.05, 3.63) is 45.6 Å². The third kappa shape index (κ3) is 3.61. The third-order valence-electron chi connectivity index (χ3n) is 2.45. The molecule has 1 heterocycles. The number of nitrogens with zero attached hydrogens (tertiary/aromatic N) is 2. The van der Waals surface area contributed by atoms with Gasteiger partial charge in [0.05, 0.1) is 0 Å². The van der Waals surface area contributed by atoms with E-state index in [0.717, 1.165) is 17.6 Å². The summed E-state index contributed by atoms with van der Waals surface area (Å²) in [4.78, 5) is 15.6. The van der Waals surface area contributed by atoms with E-state index in [1.165, 1.54) is 6.08 Å². The minimum atomic E-state index is -1.04. The van der Waals surface area contributed by atoms with Crippen molar-refractivity contribution >= 4 is 35.4 Å². The van der Waals surface area contributed by atoms with Crippen molar-refractivity contribution in [1.29, 1.82) is 0 Å². The van der Waals surface area contributed by atoms with E-state index < -0.39 is 5.97 Å². The van der Waals surface area contributed by atoms with Gasteiger partial charge in [-0.1, -0.05) is 36.7 Å². The summed E-state index contributed by atoms with van der Waals surface area (Å²) in [6.45, 7) is 1.94. The highest BCUT2D eigenvalue weighted by Gasteiger charge is 2.14. The number of hydrogen-bond donors (Lipinski definition) is 2. The van der Waals surface area contributed by atoms with Gasteiger partial charge in [0.25, 0.3) is 0 Å². The number of aryl methyl sites for hydroxylation is 1. The highest BCUT2D eigenvalue weighted by Crippen LogP contribution is 2.27. The molecule has 0 bridgehead atoms. The highest BCUT2D eigenvalue weighted by atomic mass is 35.5. The molecule has 104 valence electrons. The molecule has 0 unspecified atom stereocenters. The Hall–Kier alpha value is -1.79. The molecule has 0 radical (unpaired) electrons. The number of aromatic amines is 1. The van der Waals surface area contributed by atoms with Crippen LogP contribution in [0.2, 0.25) is 5.02 Å². The van der Waals surface area contributed by atoms with Crippen LogP contribution in [-0.4, -0.2) is 26.3 Å². The van der Waals surface area contributed by atoms with Crippen LogP contribution in [0.5, 0.6) is 0 Å². The molecule has 20 heavy (non-hydrogen) atoms. The molecule has 7 heteroatoms. The van der Waals surface area contributed by atoms with E-state index in [4.69, 9.17) is 11.6 Å². The molecule has 1 aromatic carbocycles. The second kappa shape index (κ2) is 6.58. The molecule has 0 aliphatic carbocycles. The maximum absolute atomic E-state index is 11.3. The van der Waals surface area contributed by atoms with Gasteiger partial charge in [0.2, 0.25) is 5.16 Å². The first-order valence-electron chi connectivity index (χ1n) is 5.88. The first-order valence-corrected chi connectivity index (χ1v) is 7.08. The van der Waals surface area contributed by atoms with Gasteiger partial charge < -0.3 is 5.11 Å². The van der Waals surface area contributed by atoms with Gasteiger partial charge in [0.1, 0.15) is 10.7 Å². The van der Waals surface area contributed by atoms with E-state index in [2.05, 4.69) is 15.2 Å². The van der Waals surface area contributed by atoms with Crippen LogP contribution in [0.15, 0.2) is 34.3 Å². The predicted molar refractivity (Wildman–Crippen MR) is 78.7 cm³/mol. The van der Waals surface area contributed by atoms with E-state index in [0.29, 0.717) is 22.2 Å². The number of nitrogens with one attached hydrogen (secondary N) is 1. The van der Waals surface area contributed by atoms with Gasteiger partial charge in [-0.25, -0.2) is 9.78 Å². The average molecular weight is 310 g/mol. The summed E-state index contributed by atoms with van der Waals surface area (Å²) in [6, 6.07) is 7.04. The van der Waals surface area contributed by atoms with Crippen molar-refractivity contribution in [2.45, 2.75) is 18.5 Å². The van der Waals surface area contributed by atoms with E-state index >= 15 is 0 Å². The average Bonchev–Trinajstić information content (AvgIpc) is 2.88. The van der Waals surface area contributed by atoms with Gasteiger partial charge in [-0.15, -0.1) is 5.10 Å². The van der Waals surface area contributed by atoms with Crippen molar-refractivity contribution in [2.75, 3.05) is 0 Å². The summed E-state index contributed by atoms with van der Waals surface area (Å²) >= 11 is 7.00. The van der Waals surface area contributed by atoms with E-state index in [9.17, 15) is 9.90 Å². The van der Waals surface area contributed by atoms with Crippen molar-refractivity contribution in [1.82, 2.24) is 15.2 Å². The molecular weight excluding hydrogens is 298 g/mol. The van der Waals surface area contributed by atoms with Crippen LogP contribution >= 0.6 is 23.4 Å². The lowest BCUT2D eigenvalue weighted by atomic mass is 10.2. The molecule has 2 aromatic rings. The number of halogens is 1. The number of rotatable bonds is 5. The smallest absolute Gasteiger partial charge is 0.342 e. The van der Waals surface area contributed by atoms with Gasteiger partial charge in [-0.3, -0.25) is 5.10 Å². The number of carboxylic acid groups (broad SMARTS) is 1. The molecule has 2 rings (SSSR count). The molecule has 0 saturated heterocycles. The fourth-order valence-corrected chi connectivity index (χ4v) is 2.36. The summed E-state index contributed by atoms with van der Waals surface area (Å²) < 4.78 is 0. The minimum absolute atomic E-state index is 0.111. The number of carbonyl (C=O) groups is 1. The lowest BCUT2D eigenvalue weighted by molar-refractivity contribution is -0.131. The molecule has 5 nitrogen and oxygen atoms in total. The van der Waals surface area contributed by atoms with Gasteiger partial charge in [-0.05, 0) is 29.5 Å². The molecule has 0 atom stereocenters. The maximum Gasteiger partial charge on any atom is 0.342 e. The Morgan fingerprint density at radius 3 is 2.85 bits per heavy atom. The number of hydrogen-bond acceptors (Lipinski definition) is 4. The van der Waals surface area contributed by atoms with Crippen LogP contribution in [0.4, 0.5) is 0 Å². The first kappa shape index (κ1) is 14.6. The summed E-state index contributed by atoms with van der Waals surface area (Å²) in [7, 11) is 0. The Balaban J connectivity index is 2.27. The molecule has 1 aromatic heterocycles. The summed E-state index contributed by atoms with van der Waals surface area (Å²) in [6.07, 6.45) is 2.22. The number of thioether (sulfide) groups is 1. The quantitative estimate of drug-likeness (QED) is 0.655. The largest absolute Gasteiger partial charge is 0.477 e. The molecule has 0 saturated carbocycles. The Kier molecular flexibility index (Phi) is 4.81. The third-order valence-corrected chi connectivity index (χ3v) is 3.67. The molecule has 0 aliphatic heterocycles. The van der Waals surface area contributed by atoms with Gasteiger partial charge in [0, 0.05) is 11.4 Å². The Labute approximate surface area is 125 Å². The van der Waals surface area contributed by atoms with E-state index in [1.807, 2.05) is 6.92 Å². The molecule has 0 fully saturated rings. The predicted octanol–water partition coefficient (Wildman–Crippen LogP) is 3.24. The lowest BCUT2D eigenvalue weighted by Crippen LogP contribution is -1.97. The van der Waals surface area contributed by atoms with Crippen molar-refractivity contribution < 1.29 is 9.90 Å². The summed E-state index contributed by atoms with van der Waals surface area (Å²) in [5, 5.41) is 16.8. The Bertz CT molecular complexity index is 655. The normalized spacial score (nSPS) is 11.6. The van der Waals surface area contributed by atoms with Crippen molar-refractivity contribution in [2.24, 2.45) is 0 Å². The second-order valence-corrected chi connectivity index (χ2v) is 5.27. The fourth-order valence-electron chi connectivity index (χ4n) is 1.45. The van der Waals surface area contributed by atoms with Crippen molar-refractivity contribution in [3.63, 3.8) is 0 Å². The van der Waals surface area contributed by atoms with Crippen LogP contribution < -0.4 is 0 Å². The number of aromatic nitrogens is 3. The van der Waals surface area contributed by atoms with Gasteiger partial charge in [0.15, 0.2) is 0 Å². The molecular formula is C13H12ClN3O2S. The van der Waals surface area contributed by atoms with Crippen LogP contribution in [0.3, 0.4) is 0 Å². The van der Waals surface area contributed by atoms with Crippen LogP contribution in [0.1, 0.15) is 18.3 Å². The zero-order valence-corrected chi connectivity index (χ0v) is 12.2. The zero-order chi connectivity index (χ0) is 14.5. The maximum atomic E-state index is 11.3. The second-order valence-electron chi connectivity index (χ2n) is 3.86.